The fourth-order valence-corrected chi connectivity index (χ4v) is 6.81. The minimum Gasteiger partial charge on any atom is -0.458 e. The zero-order valence-electron chi connectivity index (χ0n) is 30.9. The zero-order chi connectivity index (χ0) is 39.6. The van der Waals surface area contributed by atoms with Gasteiger partial charge in [-0.1, -0.05) is 25.1 Å². The van der Waals surface area contributed by atoms with Crippen molar-refractivity contribution in [1.82, 2.24) is 30.4 Å². The summed E-state index contributed by atoms with van der Waals surface area (Å²) in [6.45, 7) is 7.78. The number of cyclic esters (lactones) is 1. The Kier molecular flexibility index (Phi) is 11.5. The van der Waals surface area contributed by atoms with Crippen LogP contribution in [0.5, 0.6) is 0 Å². The molecule has 288 valence electrons. The summed E-state index contributed by atoms with van der Waals surface area (Å²) in [4.78, 5) is 96.0. The number of aliphatic hydroxyl groups is 1. The Hall–Kier alpha value is -5.68. The maximum atomic E-state index is 13.8. The summed E-state index contributed by atoms with van der Waals surface area (Å²) < 4.78 is 6.76. The molecule has 54 heavy (non-hydrogen) atoms. The van der Waals surface area contributed by atoms with Crippen LogP contribution in [0.2, 0.25) is 0 Å². The minimum absolute atomic E-state index is 0.0123. The van der Waals surface area contributed by atoms with Crippen molar-refractivity contribution in [2.45, 2.75) is 96.8 Å². The molecular weight excluding hydrogens is 700 g/mol. The standard InChI is InChI=1S/C37H46N8O9/c1-6-37(53)25-13-28-31-23(16-45(28)35(51)24(25)17-54-36(37)52)21(22-9-7-8-10-26(22)42-31)11-12-44(18(2)3)30(47)15-40-34(50)27(14-29(39)46)43-33(49)20(5)41-32(48)19(4)38/h7-10,13,18-20,27,53H,6,11-12,14-17,38H2,1-5H3,(H2,39,46)(H,40,50)(H,41,48)(H,43,49)/t19-,20-,27-,37-/m0/s1. The van der Waals surface area contributed by atoms with E-state index in [1.165, 1.54) is 13.8 Å². The first-order valence-corrected chi connectivity index (χ1v) is 17.8. The third-order valence-corrected chi connectivity index (χ3v) is 9.88. The van der Waals surface area contributed by atoms with E-state index in [1.54, 1.807) is 22.5 Å². The number of carbonyl (C=O) groups excluding carboxylic acids is 6. The lowest BCUT2D eigenvalue weighted by atomic mass is 9.86. The molecule has 4 heterocycles. The number of para-hydroxylation sites is 1. The first-order chi connectivity index (χ1) is 25.5. The maximum absolute atomic E-state index is 13.8. The predicted octanol–water partition coefficient (Wildman–Crippen LogP) is -0.813. The van der Waals surface area contributed by atoms with Crippen molar-refractivity contribution >= 4 is 46.4 Å². The zero-order valence-corrected chi connectivity index (χ0v) is 30.9. The Morgan fingerprint density at radius 2 is 1.74 bits per heavy atom. The van der Waals surface area contributed by atoms with Gasteiger partial charge in [0.05, 0.1) is 48.0 Å². The lowest BCUT2D eigenvalue weighted by molar-refractivity contribution is -0.172. The summed E-state index contributed by atoms with van der Waals surface area (Å²) in [7, 11) is 0. The van der Waals surface area contributed by atoms with Gasteiger partial charge in [0.2, 0.25) is 29.5 Å². The molecule has 8 N–H and O–H groups in total. The van der Waals surface area contributed by atoms with Gasteiger partial charge in [-0.3, -0.25) is 28.8 Å². The van der Waals surface area contributed by atoms with Gasteiger partial charge in [-0.15, -0.1) is 0 Å². The summed E-state index contributed by atoms with van der Waals surface area (Å²) in [5.74, 6) is -4.30. The summed E-state index contributed by atoms with van der Waals surface area (Å²) in [6, 6.07) is 5.43. The fraction of sp³-hybridized carbons (Fsp3) is 0.459. The minimum atomic E-state index is -1.97. The molecule has 17 nitrogen and oxygen atoms in total. The Balaban J connectivity index is 1.36. The van der Waals surface area contributed by atoms with Crippen molar-refractivity contribution in [2.75, 3.05) is 13.1 Å². The van der Waals surface area contributed by atoms with E-state index in [2.05, 4.69) is 16.0 Å². The van der Waals surface area contributed by atoms with Gasteiger partial charge in [0.1, 0.15) is 18.7 Å². The number of pyridine rings is 2. The largest absolute Gasteiger partial charge is 0.458 e. The van der Waals surface area contributed by atoms with Crippen molar-refractivity contribution in [3.8, 4) is 11.4 Å². The third-order valence-electron chi connectivity index (χ3n) is 9.88. The lowest BCUT2D eigenvalue weighted by Crippen LogP contribution is -2.56. The van der Waals surface area contributed by atoms with Crippen molar-refractivity contribution < 1.29 is 38.6 Å². The number of ether oxygens (including phenoxy) is 1. The summed E-state index contributed by atoms with van der Waals surface area (Å²) in [5, 5.41) is 19.4. The topological polar surface area (TPSA) is 258 Å². The number of carbonyl (C=O) groups is 6. The molecule has 2 aliphatic heterocycles. The summed E-state index contributed by atoms with van der Waals surface area (Å²) in [5.41, 5.74) is 12.2. The van der Waals surface area contributed by atoms with E-state index >= 15 is 0 Å². The number of hydrogen-bond acceptors (Lipinski definition) is 11. The SMILES string of the molecule is CC[C@@]1(O)C(=O)OCc2c1cc1n(c2=O)Cc2c-1nc1ccccc1c2CCN(C(=O)CNC(=O)[C@H](CC(N)=O)NC(=O)[C@H](C)NC(=O)[C@H](C)N)C(C)C. The Morgan fingerprint density at radius 1 is 1.04 bits per heavy atom. The number of fused-ring (bicyclic) bond motifs is 5. The van der Waals surface area contributed by atoms with Crippen LogP contribution in [0.4, 0.5) is 0 Å². The number of hydrogen-bond donors (Lipinski definition) is 6. The lowest BCUT2D eigenvalue weighted by Gasteiger charge is -2.31. The summed E-state index contributed by atoms with van der Waals surface area (Å²) >= 11 is 0. The van der Waals surface area contributed by atoms with Crippen molar-refractivity contribution in [2.24, 2.45) is 11.5 Å². The first-order valence-electron chi connectivity index (χ1n) is 17.8. The van der Waals surface area contributed by atoms with Gasteiger partial charge >= 0.3 is 5.97 Å². The van der Waals surface area contributed by atoms with Crippen LogP contribution in [0.25, 0.3) is 22.3 Å². The van der Waals surface area contributed by atoms with Crippen molar-refractivity contribution in [3.63, 3.8) is 0 Å². The van der Waals surface area contributed by atoms with Crippen LogP contribution in [0, 0.1) is 0 Å². The molecule has 17 heteroatoms. The molecule has 0 saturated carbocycles. The molecule has 4 atom stereocenters. The van der Waals surface area contributed by atoms with Crippen molar-refractivity contribution in [3.05, 3.63) is 62.9 Å². The molecule has 2 aromatic heterocycles. The first kappa shape index (κ1) is 39.5. The van der Waals surface area contributed by atoms with Gasteiger partial charge in [-0.25, -0.2) is 9.78 Å². The highest BCUT2D eigenvalue weighted by atomic mass is 16.6. The average molecular weight is 747 g/mol. The molecule has 0 unspecified atom stereocenters. The maximum Gasteiger partial charge on any atom is 0.343 e. The van der Waals surface area contributed by atoms with Gasteiger partial charge in [-0.2, -0.15) is 0 Å². The number of primary amides is 1. The normalized spacial score (nSPS) is 17.4. The molecule has 2 aliphatic rings. The monoisotopic (exact) mass is 746 g/mol. The molecule has 0 saturated heterocycles. The van der Waals surface area contributed by atoms with E-state index in [-0.39, 0.29) is 48.8 Å². The van der Waals surface area contributed by atoms with E-state index in [4.69, 9.17) is 21.2 Å². The molecule has 5 amide bonds. The third kappa shape index (κ3) is 7.68. The number of rotatable bonds is 14. The molecule has 0 bridgehead atoms. The number of esters is 1. The number of nitrogens with one attached hydrogen (secondary N) is 3. The van der Waals surface area contributed by atoms with Crippen LogP contribution in [-0.2, 0) is 58.7 Å². The second kappa shape index (κ2) is 15.7. The van der Waals surface area contributed by atoms with E-state index in [0.29, 0.717) is 23.3 Å². The van der Waals surface area contributed by atoms with E-state index in [0.717, 1.165) is 16.5 Å². The number of aromatic nitrogens is 2. The van der Waals surface area contributed by atoms with Gasteiger partial charge < -0.3 is 46.7 Å². The van der Waals surface area contributed by atoms with Crippen molar-refractivity contribution in [1.29, 1.82) is 0 Å². The molecule has 0 radical (unpaired) electrons. The second-order valence-corrected chi connectivity index (χ2v) is 13.9. The molecule has 0 fully saturated rings. The fourth-order valence-electron chi connectivity index (χ4n) is 6.81. The Labute approximate surface area is 310 Å². The molecule has 0 aliphatic carbocycles. The Morgan fingerprint density at radius 3 is 2.39 bits per heavy atom. The highest BCUT2D eigenvalue weighted by Gasteiger charge is 2.45. The molecular formula is C37H46N8O9. The average Bonchev–Trinajstić information content (AvgIpc) is 3.49. The van der Waals surface area contributed by atoms with E-state index in [9.17, 15) is 38.7 Å². The van der Waals surface area contributed by atoms with Gasteiger partial charge in [0.15, 0.2) is 5.60 Å². The van der Waals surface area contributed by atoms with Crippen LogP contribution in [0.3, 0.4) is 0 Å². The predicted molar refractivity (Wildman–Crippen MR) is 195 cm³/mol. The second-order valence-electron chi connectivity index (χ2n) is 13.9. The van der Waals surface area contributed by atoms with Gasteiger partial charge in [0, 0.05) is 29.1 Å². The number of nitrogens with two attached hydrogens (primary N) is 2. The summed E-state index contributed by atoms with van der Waals surface area (Å²) in [6.07, 6.45) is -0.195. The van der Waals surface area contributed by atoms with Crippen LogP contribution >= 0.6 is 0 Å². The molecule has 0 spiro atoms. The number of amides is 5. The van der Waals surface area contributed by atoms with E-state index < -0.39 is 72.2 Å². The quantitative estimate of drug-likeness (QED) is 0.0870. The number of benzene rings is 1. The van der Waals surface area contributed by atoms with Gasteiger partial charge in [0.25, 0.3) is 5.56 Å². The highest BCUT2D eigenvalue weighted by molar-refractivity contribution is 5.96. The highest BCUT2D eigenvalue weighted by Crippen LogP contribution is 2.40. The molecule has 5 rings (SSSR count). The Bertz CT molecular complexity index is 2100. The van der Waals surface area contributed by atoms with Crippen LogP contribution < -0.4 is 33.0 Å². The van der Waals surface area contributed by atoms with Gasteiger partial charge in [-0.05, 0) is 58.2 Å². The smallest absolute Gasteiger partial charge is 0.343 e. The van der Waals surface area contributed by atoms with Crippen LogP contribution in [-0.4, -0.2) is 92.3 Å². The van der Waals surface area contributed by atoms with Crippen LogP contribution in [0.1, 0.15) is 69.7 Å². The number of nitrogens with zero attached hydrogens (tertiary/aromatic N) is 3. The van der Waals surface area contributed by atoms with E-state index in [1.807, 2.05) is 38.1 Å². The molecule has 3 aromatic rings. The molecule has 1 aromatic carbocycles. The van der Waals surface area contributed by atoms with Crippen LogP contribution in [0.15, 0.2) is 35.1 Å².